The number of methoxy groups -OCH3 is 1. The first kappa shape index (κ1) is 45.9. The summed E-state index contributed by atoms with van der Waals surface area (Å²) in [6, 6.07) is 4.30. The molecule has 0 bridgehead atoms. The summed E-state index contributed by atoms with van der Waals surface area (Å²) in [7, 11) is 1.16. The van der Waals surface area contributed by atoms with Crippen LogP contribution in [0.1, 0.15) is 30.3 Å². The lowest BCUT2D eigenvalue weighted by Gasteiger charge is -2.45. The minimum absolute atomic E-state index is 0.106. The number of alkyl halides is 21. The monoisotopic (exact) mass is 842 g/mol. The summed E-state index contributed by atoms with van der Waals surface area (Å²) < 4.78 is 306. The Kier molecular flexibility index (Phi) is 12.0. The molecule has 1 aromatic carbocycles. The van der Waals surface area contributed by atoms with Crippen molar-refractivity contribution in [2.45, 2.75) is 116 Å². The second kappa shape index (κ2) is 14.2. The molecule has 2 aliphatic rings. The van der Waals surface area contributed by atoms with Crippen molar-refractivity contribution in [2.75, 3.05) is 13.7 Å². The van der Waals surface area contributed by atoms with Crippen LogP contribution in [0.15, 0.2) is 24.3 Å². The molecular weight excluding hydrogens is 819 g/mol. The molecule has 2 heterocycles. The maximum absolute atomic E-state index is 14.3. The van der Waals surface area contributed by atoms with Crippen LogP contribution in [0.4, 0.5) is 92.2 Å². The van der Waals surface area contributed by atoms with E-state index in [9.17, 15) is 102 Å². The van der Waals surface area contributed by atoms with Gasteiger partial charge in [0.05, 0.1) is 6.61 Å². The molecule has 2 N–H and O–H groups in total. The van der Waals surface area contributed by atoms with Gasteiger partial charge in [-0.25, -0.2) is 0 Å². The lowest BCUT2D eigenvalue weighted by atomic mass is 9.85. The highest BCUT2D eigenvalue weighted by atomic mass is 19.4. The summed E-state index contributed by atoms with van der Waals surface area (Å²) in [4.78, 5) is 0. The topological polar surface area (TPSA) is 77.4 Å². The SMILES string of the molecule is CO[C@H]1O[C@@H]2COC(c3ccc(CCCC(F)(F)C(F)(F)C(F)(F)C(F)(F)C(F)(F)C(F)(F)C(F)(F)C(F)(F)C(F)(F)C(F)(F)F)cc3)O[C@H]2[C@H](O)[C@H]1O. The third-order valence-corrected chi connectivity index (χ3v) is 8.35. The summed E-state index contributed by atoms with van der Waals surface area (Å²) in [6.45, 7) is -0.250. The van der Waals surface area contributed by atoms with E-state index in [-0.39, 0.29) is 17.7 Å². The van der Waals surface area contributed by atoms with Crippen LogP contribution in [0.2, 0.25) is 0 Å². The molecule has 0 aliphatic carbocycles. The fourth-order valence-corrected chi connectivity index (χ4v) is 5.05. The molecule has 0 amide bonds. The average molecular weight is 842 g/mol. The quantitative estimate of drug-likeness (QED) is 0.187. The fourth-order valence-electron chi connectivity index (χ4n) is 5.05. The van der Waals surface area contributed by atoms with Gasteiger partial charge in [-0.2, -0.15) is 92.2 Å². The third kappa shape index (κ3) is 6.84. The number of rotatable bonds is 14. The Morgan fingerprint density at radius 2 is 1.02 bits per heavy atom. The van der Waals surface area contributed by atoms with E-state index in [1.54, 1.807) is 0 Å². The number of aryl methyl sites for hydroxylation is 1. The van der Waals surface area contributed by atoms with Crippen molar-refractivity contribution in [1.29, 1.82) is 0 Å². The summed E-state index contributed by atoms with van der Waals surface area (Å²) in [6.07, 6.45) is -20.9. The molecule has 0 saturated carbocycles. The van der Waals surface area contributed by atoms with E-state index < -0.39 is 116 Å². The van der Waals surface area contributed by atoms with Crippen LogP contribution in [-0.2, 0) is 25.4 Å². The molecule has 54 heavy (non-hydrogen) atoms. The number of hydrogen-bond acceptors (Lipinski definition) is 6. The Morgan fingerprint density at radius 3 is 1.44 bits per heavy atom. The first-order chi connectivity index (χ1) is 24.0. The maximum atomic E-state index is 14.3. The molecule has 2 fully saturated rings. The minimum Gasteiger partial charge on any atom is -0.387 e. The van der Waals surface area contributed by atoms with Crippen LogP contribution in [0, 0.1) is 0 Å². The van der Waals surface area contributed by atoms with E-state index in [1.165, 1.54) is 0 Å². The second-order valence-electron chi connectivity index (χ2n) is 11.9. The van der Waals surface area contributed by atoms with Gasteiger partial charge in [0.25, 0.3) is 0 Å². The molecule has 0 radical (unpaired) electrons. The van der Waals surface area contributed by atoms with Gasteiger partial charge in [-0.15, -0.1) is 0 Å². The summed E-state index contributed by atoms with van der Waals surface area (Å²) in [5.41, 5.74) is -0.0392. The Morgan fingerprint density at radius 1 is 0.593 bits per heavy atom. The van der Waals surface area contributed by atoms with Gasteiger partial charge in [-0.3, -0.25) is 0 Å². The number of aliphatic hydroxyl groups is 2. The van der Waals surface area contributed by atoms with Crippen molar-refractivity contribution in [3.05, 3.63) is 35.4 Å². The fraction of sp³-hybridized carbons (Fsp3) is 0.778. The van der Waals surface area contributed by atoms with Gasteiger partial charge in [0.1, 0.15) is 24.4 Å². The van der Waals surface area contributed by atoms with Crippen molar-refractivity contribution in [2.24, 2.45) is 0 Å². The molecule has 27 heteroatoms. The Balaban J connectivity index is 1.76. The summed E-state index contributed by atoms with van der Waals surface area (Å²) in [5, 5.41) is 20.3. The van der Waals surface area contributed by atoms with Crippen molar-refractivity contribution >= 4 is 0 Å². The van der Waals surface area contributed by atoms with Gasteiger partial charge in [0.15, 0.2) is 12.6 Å². The summed E-state index contributed by atoms with van der Waals surface area (Å²) >= 11 is 0. The lowest BCUT2D eigenvalue weighted by Crippen LogP contribution is -2.76. The smallest absolute Gasteiger partial charge is 0.387 e. The van der Waals surface area contributed by atoms with E-state index in [2.05, 4.69) is 0 Å². The van der Waals surface area contributed by atoms with Gasteiger partial charge in [0.2, 0.25) is 0 Å². The maximum Gasteiger partial charge on any atom is 0.460 e. The molecule has 3 rings (SSSR count). The number of ether oxygens (including phenoxy) is 4. The number of hydrogen-bond donors (Lipinski definition) is 2. The van der Waals surface area contributed by atoms with Gasteiger partial charge >= 0.3 is 59.5 Å². The lowest BCUT2D eigenvalue weighted by molar-refractivity contribution is -0.474. The molecule has 314 valence electrons. The number of fused-ring (bicyclic) bond motifs is 1. The van der Waals surface area contributed by atoms with Gasteiger partial charge in [0, 0.05) is 19.1 Å². The van der Waals surface area contributed by atoms with Gasteiger partial charge in [-0.05, 0) is 18.4 Å². The molecule has 1 aromatic rings. The largest absolute Gasteiger partial charge is 0.460 e. The van der Waals surface area contributed by atoms with E-state index in [0.717, 1.165) is 31.4 Å². The van der Waals surface area contributed by atoms with Gasteiger partial charge < -0.3 is 29.2 Å². The molecule has 6 atom stereocenters. The number of aliphatic hydroxyl groups excluding tert-OH is 2. The van der Waals surface area contributed by atoms with E-state index >= 15 is 0 Å². The number of benzene rings is 1. The highest BCUT2D eigenvalue weighted by Crippen LogP contribution is 2.66. The highest BCUT2D eigenvalue weighted by Gasteiger charge is 2.97. The summed E-state index contributed by atoms with van der Waals surface area (Å²) in [5.74, 6) is -77.2. The first-order valence-electron chi connectivity index (χ1n) is 14.4. The second-order valence-corrected chi connectivity index (χ2v) is 11.9. The standard InChI is InChI=1S/C27H23F21O6/c1-51-17-14(50)13(49)15-12(53-17)9-52-16(54-15)11-6-4-10(5-7-11)3-2-8-18(28,29)19(30,31)20(32,33)21(34,35)22(36,37)23(38,39)24(40,41)25(42,43)26(44,45)27(46,47)48/h4-7,12-17,49-50H,2-3,8-9H2,1H3/t12-,13-,14-,15-,16?,17+/m1/s1. The van der Waals surface area contributed by atoms with Crippen LogP contribution < -0.4 is 0 Å². The number of halogens is 21. The molecular formula is C27H23F21O6. The van der Waals surface area contributed by atoms with E-state index in [1.807, 2.05) is 0 Å². The molecule has 6 nitrogen and oxygen atoms in total. The zero-order chi connectivity index (χ0) is 42.1. The van der Waals surface area contributed by atoms with Crippen LogP contribution >= 0.6 is 0 Å². The van der Waals surface area contributed by atoms with Crippen LogP contribution in [0.25, 0.3) is 0 Å². The third-order valence-electron chi connectivity index (χ3n) is 8.35. The van der Waals surface area contributed by atoms with E-state index in [0.29, 0.717) is 0 Å². The van der Waals surface area contributed by atoms with Crippen LogP contribution in [0.5, 0.6) is 0 Å². The molecule has 2 aliphatic heterocycles. The van der Waals surface area contributed by atoms with Crippen LogP contribution in [-0.4, -0.2) is 114 Å². The predicted molar refractivity (Wildman–Crippen MR) is 131 cm³/mol. The Labute approximate surface area is 287 Å². The predicted octanol–water partition coefficient (Wildman–Crippen LogP) is 7.80. The van der Waals surface area contributed by atoms with Crippen molar-refractivity contribution in [3.8, 4) is 0 Å². The Bertz CT molecular complexity index is 1450. The average Bonchev–Trinajstić information content (AvgIpc) is 3.05. The van der Waals surface area contributed by atoms with Gasteiger partial charge in [-0.1, -0.05) is 24.3 Å². The zero-order valence-electron chi connectivity index (χ0n) is 26.1. The van der Waals surface area contributed by atoms with Crippen molar-refractivity contribution < 1.29 is 121 Å². The zero-order valence-corrected chi connectivity index (χ0v) is 26.1. The minimum atomic E-state index is -9.21. The Hall–Kier alpha value is -2.49. The molecule has 0 spiro atoms. The molecule has 2 saturated heterocycles. The molecule has 0 aromatic heterocycles. The highest BCUT2D eigenvalue weighted by molar-refractivity contribution is 5.24. The van der Waals surface area contributed by atoms with Crippen LogP contribution in [0.3, 0.4) is 0 Å². The normalized spacial score (nSPS) is 26.1. The molecule has 1 unspecified atom stereocenters. The van der Waals surface area contributed by atoms with Crippen molar-refractivity contribution in [1.82, 2.24) is 0 Å². The first-order valence-corrected chi connectivity index (χ1v) is 14.4. The van der Waals surface area contributed by atoms with E-state index in [4.69, 9.17) is 18.9 Å². The van der Waals surface area contributed by atoms with Crippen molar-refractivity contribution in [3.63, 3.8) is 0 Å².